The molecule has 14 heavy (non-hydrogen) atoms. The Kier molecular flexibility index (Phi) is 1.11. The number of allylic oxidation sites excluding steroid dienone is 4. The van der Waals surface area contributed by atoms with E-state index in [4.69, 9.17) is 0 Å². The first-order chi connectivity index (χ1) is 6.95. The van der Waals surface area contributed by atoms with Crippen LogP contribution < -0.4 is 0 Å². The zero-order valence-corrected chi connectivity index (χ0v) is 8.09. The van der Waals surface area contributed by atoms with E-state index in [1.807, 2.05) is 0 Å². The van der Waals surface area contributed by atoms with E-state index in [1.165, 1.54) is 19.3 Å². The summed E-state index contributed by atoms with van der Waals surface area (Å²) in [6, 6.07) is 8.97. The first-order valence-corrected chi connectivity index (χ1v) is 5.47. The van der Waals surface area contributed by atoms with Crippen LogP contribution in [0.3, 0.4) is 0 Å². The van der Waals surface area contributed by atoms with Crippen LogP contribution in [0.1, 0.15) is 36.3 Å². The third-order valence-electron chi connectivity index (χ3n) is 3.94. The van der Waals surface area contributed by atoms with Crippen molar-refractivity contribution in [2.45, 2.75) is 25.2 Å². The van der Waals surface area contributed by atoms with Gasteiger partial charge in [-0.3, -0.25) is 0 Å². The SMILES string of the molecule is C1=C2CCC3C2=C(C1)c1ccccc13. The van der Waals surface area contributed by atoms with Crippen LogP contribution >= 0.6 is 0 Å². The van der Waals surface area contributed by atoms with E-state index >= 15 is 0 Å². The molecule has 1 atom stereocenters. The molecule has 0 aromatic heterocycles. The zero-order valence-electron chi connectivity index (χ0n) is 8.09. The highest BCUT2D eigenvalue weighted by Gasteiger charge is 2.38. The second-order valence-corrected chi connectivity index (χ2v) is 4.50. The summed E-state index contributed by atoms with van der Waals surface area (Å²) in [5.74, 6) is 0.759. The average molecular weight is 180 g/mol. The summed E-state index contributed by atoms with van der Waals surface area (Å²) >= 11 is 0. The van der Waals surface area contributed by atoms with Crippen LogP contribution in [0.25, 0.3) is 5.57 Å². The van der Waals surface area contributed by atoms with E-state index < -0.39 is 0 Å². The lowest BCUT2D eigenvalue weighted by Gasteiger charge is -2.06. The van der Waals surface area contributed by atoms with Gasteiger partial charge in [0.1, 0.15) is 0 Å². The summed E-state index contributed by atoms with van der Waals surface area (Å²) in [5.41, 5.74) is 8.13. The number of fused-ring (bicyclic) bond motifs is 3. The Hall–Kier alpha value is -1.30. The van der Waals surface area contributed by atoms with Crippen molar-refractivity contribution in [3.63, 3.8) is 0 Å². The Labute approximate surface area is 84.0 Å². The topological polar surface area (TPSA) is 0 Å². The highest BCUT2D eigenvalue weighted by Crippen LogP contribution is 2.56. The number of benzene rings is 1. The van der Waals surface area contributed by atoms with Gasteiger partial charge in [0, 0.05) is 5.92 Å². The van der Waals surface area contributed by atoms with Gasteiger partial charge >= 0.3 is 0 Å². The van der Waals surface area contributed by atoms with E-state index in [0.717, 1.165) is 5.92 Å². The second-order valence-electron chi connectivity index (χ2n) is 4.50. The lowest BCUT2D eigenvalue weighted by Crippen LogP contribution is -1.90. The molecular weight excluding hydrogens is 168 g/mol. The number of hydrogen-bond acceptors (Lipinski definition) is 0. The molecule has 1 fully saturated rings. The maximum absolute atomic E-state index is 2.45. The van der Waals surface area contributed by atoms with Gasteiger partial charge in [0.25, 0.3) is 0 Å². The molecule has 1 unspecified atom stereocenters. The van der Waals surface area contributed by atoms with E-state index in [9.17, 15) is 0 Å². The third-order valence-corrected chi connectivity index (χ3v) is 3.94. The Morgan fingerprint density at radius 3 is 3.07 bits per heavy atom. The summed E-state index contributed by atoms with van der Waals surface area (Å²) in [6.45, 7) is 0. The molecule has 0 aliphatic heterocycles. The number of hydrogen-bond donors (Lipinski definition) is 0. The lowest BCUT2D eigenvalue weighted by molar-refractivity contribution is 0.809. The van der Waals surface area contributed by atoms with E-state index in [2.05, 4.69) is 30.3 Å². The first kappa shape index (κ1) is 7.05. The minimum atomic E-state index is 0.759. The minimum absolute atomic E-state index is 0.759. The fourth-order valence-corrected chi connectivity index (χ4v) is 3.40. The van der Waals surface area contributed by atoms with Crippen molar-refractivity contribution < 1.29 is 0 Å². The molecule has 1 aromatic carbocycles. The second kappa shape index (κ2) is 2.20. The molecule has 0 nitrogen and oxygen atoms in total. The van der Waals surface area contributed by atoms with Gasteiger partial charge in [-0.2, -0.15) is 0 Å². The van der Waals surface area contributed by atoms with Gasteiger partial charge in [-0.05, 0) is 47.1 Å². The smallest absolute Gasteiger partial charge is 0.0104 e. The fraction of sp³-hybridized carbons (Fsp3) is 0.286. The molecule has 0 bridgehead atoms. The molecular formula is C14H12. The summed E-state index contributed by atoms with van der Waals surface area (Å²) in [4.78, 5) is 0. The van der Waals surface area contributed by atoms with Crippen molar-refractivity contribution in [1.29, 1.82) is 0 Å². The van der Waals surface area contributed by atoms with Crippen LogP contribution in [0.4, 0.5) is 0 Å². The van der Waals surface area contributed by atoms with Crippen LogP contribution in [0.15, 0.2) is 41.5 Å². The van der Waals surface area contributed by atoms with Crippen molar-refractivity contribution in [2.75, 3.05) is 0 Å². The molecule has 1 aromatic rings. The summed E-state index contributed by atoms with van der Waals surface area (Å²) in [5, 5.41) is 0. The predicted octanol–water partition coefficient (Wildman–Crippen LogP) is 3.66. The van der Waals surface area contributed by atoms with E-state index in [0.29, 0.717) is 0 Å². The van der Waals surface area contributed by atoms with E-state index in [-0.39, 0.29) is 0 Å². The molecule has 0 amide bonds. The number of rotatable bonds is 0. The van der Waals surface area contributed by atoms with Gasteiger partial charge in [-0.1, -0.05) is 30.3 Å². The highest BCUT2D eigenvalue weighted by atomic mass is 14.4. The van der Waals surface area contributed by atoms with Gasteiger partial charge in [0.15, 0.2) is 0 Å². The minimum Gasteiger partial charge on any atom is -0.0766 e. The molecule has 0 N–H and O–H groups in total. The maximum atomic E-state index is 2.45. The summed E-state index contributed by atoms with van der Waals surface area (Å²) in [7, 11) is 0. The molecule has 0 heteroatoms. The predicted molar refractivity (Wildman–Crippen MR) is 58.0 cm³/mol. The first-order valence-electron chi connectivity index (χ1n) is 5.47. The molecule has 4 rings (SSSR count). The van der Waals surface area contributed by atoms with Crippen LogP contribution in [0.5, 0.6) is 0 Å². The van der Waals surface area contributed by atoms with Crippen LogP contribution in [0.2, 0.25) is 0 Å². The molecule has 3 aliphatic carbocycles. The Bertz CT molecular complexity index is 489. The van der Waals surface area contributed by atoms with Crippen molar-refractivity contribution in [1.82, 2.24) is 0 Å². The van der Waals surface area contributed by atoms with Crippen molar-refractivity contribution in [3.8, 4) is 0 Å². The monoisotopic (exact) mass is 180 g/mol. The molecule has 1 saturated carbocycles. The molecule has 68 valence electrons. The summed E-state index contributed by atoms with van der Waals surface area (Å²) < 4.78 is 0. The molecule has 0 spiro atoms. The van der Waals surface area contributed by atoms with Crippen molar-refractivity contribution in [3.05, 3.63) is 52.6 Å². The molecule has 0 radical (unpaired) electrons. The Morgan fingerprint density at radius 1 is 1.14 bits per heavy atom. The standard InChI is InChI=1S/C14H12/c1-2-4-11-10(3-1)12-7-5-9-6-8-13(11)14(9)12/h1-5,13H,6-8H2. The zero-order chi connectivity index (χ0) is 9.12. The lowest BCUT2D eigenvalue weighted by atomic mass is 9.97. The van der Waals surface area contributed by atoms with Gasteiger partial charge < -0.3 is 0 Å². The van der Waals surface area contributed by atoms with Crippen molar-refractivity contribution in [2.24, 2.45) is 0 Å². The normalized spacial score (nSPS) is 26.6. The Morgan fingerprint density at radius 2 is 2.07 bits per heavy atom. The van der Waals surface area contributed by atoms with E-state index in [1.54, 1.807) is 27.8 Å². The molecule has 0 heterocycles. The van der Waals surface area contributed by atoms with Crippen LogP contribution in [0, 0.1) is 0 Å². The summed E-state index contributed by atoms with van der Waals surface area (Å²) in [6.07, 6.45) is 6.30. The largest absolute Gasteiger partial charge is 0.0766 e. The van der Waals surface area contributed by atoms with Crippen LogP contribution in [-0.4, -0.2) is 0 Å². The van der Waals surface area contributed by atoms with Gasteiger partial charge in [-0.25, -0.2) is 0 Å². The average Bonchev–Trinajstić information content (AvgIpc) is 2.86. The van der Waals surface area contributed by atoms with Gasteiger partial charge in [0.05, 0.1) is 0 Å². The highest BCUT2D eigenvalue weighted by molar-refractivity contribution is 5.86. The quantitative estimate of drug-likeness (QED) is 0.571. The van der Waals surface area contributed by atoms with Crippen molar-refractivity contribution >= 4 is 5.57 Å². The van der Waals surface area contributed by atoms with Gasteiger partial charge in [0.2, 0.25) is 0 Å². The Balaban J connectivity index is 2.05. The fourth-order valence-electron chi connectivity index (χ4n) is 3.40. The maximum Gasteiger partial charge on any atom is 0.0104 e. The molecule has 0 saturated heterocycles. The molecule has 3 aliphatic rings. The third kappa shape index (κ3) is 0.639. The van der Waals surface area contributed by atoms with Crippen LogP contribution in [-0.2, 0) is 0 Å². The van der Waals surface area contributed by atoms with Gasteiger partial charge in [-0.15, -0.1) is 0 Å².